The topological polar surface area (TPSA) is 104 Å². The Kier molecular flexibility index (Phi) is 2.94. The maximum absolute atomic E-state index is 12.3. The van der Waals surface area contributed by atoms with Crippen LogP contribution >= 0.6 is 11.3 Å². The number of anilines is 1. The summed E-state index contributed by atoms with van der Waals surface area (Å²) in [5, 5.41) is 3.86. The van der Waals surface area contributed by atoms with Crippen molar-refractivity contribution in [1.82, 2.24) is 19.7 Å². The van der Waals surface area contributed by atoms with E-state index in [9.17, 15) is 8.42 Å². The third kappa shape index (κ3) is 2.25. The number of nitrogen functional groups attached to an aromatic ring is 1. The van der Waals surface area contributed by atoms with Gasteiger partial charge in [0.1, 0.15) is 17.9 Å². The van der Waals surface area contributed by atoms with Crippen molar-refractivity contribution in [1.29, 1.82) is 0 Å². The molecule has 0 bridgehead atoms. The predicted molar refractivity (Wildman–Crippen MR) is 75.9 cm³/mol. The van der Waals surface area contributed by atoms with Gasteiger partial charge >= 0.3 is 0 Å². The molecule has 0 spiro atoms. The molecule has 20 heavy (non-hydrogen) atoms. The normalized spacial score (nSPS) is 12.1. The fraction of sp³-hybridized carbons (Fsp3) is 0.182. The molecule has 0 amide bonds. The molecule has 3 aromatic rings. The van der Waals surface area contributed by atoms with E-state index in [0.717, 1.165) is 16.0 Å². The smallest absolute Gasteiger partial charge is 0.212 e. The highest BCUT2D eigenvalue weighted by Gasteiger charge is 2.22. The van der Waals surface area contributed by atoms with Crippen molar-refractivity contribution in [3.05, 3.63) is 30.4 Å². The molecular formula is C11H11N5O2S2. The maximum Gasteiger partial charge on any atom is 0.212 e. The van der Waals surface area contributed by atoms with Gasteiger partial charge in [0.05, 0.1) is 10.2 Å². The van der Waals surface area contributed by atoms with Gasteiger partial charge in [0.2, 0.25) is 14.2 Å². The van der Waals surface area contributed by atoms with Crippen LogP contribution in [0.15, 0.2) is 28.9 Å². The van der Waals surface area contributed by atoms with Crippen LogP contribution in [0.1, 0.15) is 5.82 Å². The summed E-state index contributed by atoms with van der Waals surface area (Å²) in [6.07, 6.45) is 1.32. The molecule has 0 aliphatic carbocycles. The van der Waals surface area contributed by atoms with Crippen molar-refractivity contribution in [2.24, 2.45) is 7.05 Å². The van der Waals surface area contributed by atoms with E-state index >= 15 is 0 Å². The zero-order valence-electron chi connectivity index (χ0n) is 10.5. The summed E-state index contributed by atoms with van der Waals surface area (Å²) in [5.74, 6) is 0.155. The van der Waals surface area contributed by atoms with E-state index in [4.69, 9.17) is 5.73 Å². The third-order valence-corrected chi connectivity index (χ3v) is 5.87. The number of nitrogens with two attached hydrogens (primary N) is 1. The summed E-state index contributed by atoms with van der Waals surface area (Å²) in [5.41, 5.74) is 6.89. The number of benzene rings is 1. The number of hydrogen-bond donors (Lipinski definition) is 1. The van der Waals surface area contributed by atoms with Gasteiger partial charge in [-0.2, -0.15) is 5.10 Å². The van der Waals surface area contributed by atoms with E-state index in [1.54, 1.807) is 25.2 Å². The third-order valence-electron chi connectivity index (χ3n) is 2.78. The second-order valence-corrected chi connectivity index (χ2v) is 7.46. The summed E-state index contributed by atoms with van der Waals surface area (Å²) in [7, 11) is -1.89. The van der Waals surface area contributed by atoms with Crippen molar-refractivity contribution in [2.45, 2.75) is 10.1 Å². The lowest BCUT2D eigenvalue weighted by molar-refractivity contribution is 0.590. The second-order valence-electron chi connectivity index (χ2n) is 4.27. The van der Waals surface area contributed by atoms with E-state index in [1.165, 1.54) is 11.0 Å². The van der Waals surface area contributed by atoms with Crippen molar-refractivity contribution >= 4 is 37.1 Å². The largest absolute Gasteiger partial charge is 0.399 e. The molecule has 2 aromatic heterocycles. The maximum atomic E-state index is 12.3. The first-order valence-electron chi connectivity index (χ1n) is 5.67. The Morgan fingerprint density at radius 2 is 2.20 bits per heavy atom. The number of thiazole rings is 1. The van der Waals surface area contributed by atoms with Crippen molar-refractivity contribution in [2.75, 3.05) is 5.73 Å². The van der Waals surface area contributed by atoms with Crippen LogP contribution < -0.4 is 5.73 Å². The van der Waals surface area contributed by atoms with Crippen LogP contribution in [0.2, 0.25) is 0 Å². The van der Waals surface area contributed by atoms with Crippen molar-refractivity contribution in [3.63, 3.8) is 0 Å². The predicted octanol–water partition coefficient (Wildman–Crippen LogP) is 0.981. The Bertz CT molecular complexity index is 881. The molecule has 9 heteroatoms. The molecule has 0 fully saturated rings. The summed E-state index contributed by atoms with van der Waals surface area (Å²) >= 11 is 1.11. The Labute approximate surface area is 119 Å². The minimum Gasteiger partial charge on any atom is -0.399 e. The molecule has 2 N–H and O–H groups in total. The minimum atomic E-state index is -3.54. The summed E-state index contributed by atoms with van der Waals surface area (Å²) < 4.78 is 26.9. The van der Waals surface area contributed by atoms with Gasteiger partial charge in [0, 0.05) is 12.7 Å². The van der Waals surface area contributed by atoms with E-state index in [1.807, 2.05) is 0 Å². The molecule has 0 radical (unpaired) electrons. The van der Waals surface area contributed by atoms with Gasteiger partial charge in [-0.05, 0) is 18.2 Å². The lowest BCUT2D eigenvalue weighted by atomic mass is 10.3. The first kappa shape index (κ1) is 13.0. The zero-order chi connectivity index (χ0) is 14.3. The monoisotopic (exact) mass is 309 g/mol. The zero-order valence-corrected chi connectivity index (χ0v) is 12.1. The average molecular weight is 309 g/mol. The van der Waals surface area contributed by atoms with E-state index in [-0.39, 0.29) is 10.1 Å². The summed E-state index contributed by atoms with van der Waals surface area (Å²) in [6, 6.07) is 5.12. The van der Waals surface area contributed by atoms with Gasteiger partial charge in [0.15, 0.2) is 0 Å². The number of hydrogen-bond acceptors (Lipinski definition) is 7. The minimum absolute atomic E-state index is 0.0705. The summed E-state index contributed by atoms with van der Waals surface area (Å²) in [4.78, 5) is 8.08. The quantitative estimate of drug-likeness (QED) is 0.723. The number of rotatable bonds is 3. The van der Waals surface area contributed by atoms with Crippen LogP contribution in [-0.4, -0.2) is 28.2 Å². The van der Waals surface area contributed by atoms with Crippen molar-refractivity contribution in [3.8, 4) is 0 Å². The summed E-state index contributed by atoms with van der Waals surface area (Å²) in [6.45, 7) is 0. The number of aromatic nitrogens is 4. The molecule has 3 rings (SSSR count). The van der Waals surface area contributed by atoms with Crippen LogP contribution in [0.25, 0.3) is 10.2 Å². The van der Waals surface area contributed by atoms with Gasteiger partial charge in [-0.15, -0.1) is 11.3 Å². The fourth-order valence-electron chi connectivity index (χ4n) is 1.74. The first-order valence-corrected chi connectivity index (χ1v) is 8.14. The van der Waals surface area contributed by atoms with Crippen LogP contribution in [0.5, 0.6) is 0 Å². The Morgan fingerprint density at radius 1 is 1.40 bits per heavy atom. The molecule has 0 aliphatic rings. The first-order chi connectivity index (χ1) is 9.45. The molecule has 0 atom stereocenters. The second kappa shape index (κ2) is 4.53. The number of fused-ring (bicyclic) bond motifs is 1. The fourth-order valence-corrected chi connectivity index (χ4v) is 4.40. The van der Waals surface area contributed by atoms with Crippen LogP contribution in [-0.2, 0) is 22.6 Å². The van der Waals surface area contributed by atoms with Gasteiger partial charge in [-0.25, -0.2) is 18.4 Å². The standard InChI is InChI=1S/C11H11N5O2S2/c1-16-10(13-6-14-16)5-20(17,18)11-15-8-3-2-7(12)4-9(8)19-11/h2-4,6H,5,12H2,1H3. The van der Waals surface area contributed by atoms with Gasteiger partial charge in [-0.1, -0.05) is 0 Å². The molecule has 0 unspecified atom stereocenters. The lowest BCUT2D eigenvalue weighted by Crippen LogP contribution is -2.09. The number of aryl methyl sites for hydroxylation is 1. The van der Waals surface area contributed by atoms with E-state index in [2.05, 4.69) is 15.1 Å². The Balaban J connectivity index is 2.03. The molecule has 7 nitrogen and oxygen atoms in total. The highest BCUT2D eigenvalue weighted by molar-refractivity contribution is 7.92. The highest BCUT2D eigenvalue weighted by Crippen LogP contribution is 2.28. The van der Waals surface area contributed by atoms with E-state index < -0.39 is 9.84 Å². The molecule has 1 aromatic carbocycles. The van der Waals surface area contributed by atoms with Gasteiger partial charge in [0.25, 0.3) is 0 Å². The molecule has 0 saturated carbocycles. The van der Waals surface area contributed by atoms with Crippen molar-refractivity contribution < 1.29 is 8.42 Å². The van der Waals surface area contributed by atoms with E-state index in [0.29, 0.717) is 17.0 Å². The molecule has 2 heterocycles. The Morgan fingerprint density at radius 3 is 2.90 bits per heavy atom. The SMILES string of the molecule is Cn1ncnc1CS(=O)(=O)c1nc2ccc(N)cc2s1. The molecule has 0 aliphatic heterocycles. The lowest BCUT2D eigenvalue weighted by Gasteiger charge is -1.99. The van der Waals surface area contributed by atoms with Crippen LogP contribution in [0, 0.1) is 0 Å². The number of sulfone groups is 1. The average Bonchev–Trinajstić information content (AvgIpc) is 2.96. The molecule has 0 saturated heterocycles. The van der Waals surface area contributed by atoms with Gasteiger partial charge < -0.3 is 5.73 Å². The van der Waals surface area contributed by atoms with Gasteiger partial charge in [-0.3, -0.25) is 4.68 Å². The molecular weight excluding hydrogens is 298 g/mol. The molecule has 104 valence electrons. The number of nitrogens with zero attached hydrogens (tertiary/aromatic N) is 4. The Hall–Kier alpha value is -2.00. The van der Waals surface area contributed by atoms with Crippen LogP contribution in [0.4, 0.5) is 5.69 Å². The highest BCUT2D eigenvalue weighted by atomic mass is 32.2. The van der Waals surface area contributed by atoms with Crippen LogP contribution in [0.3, 0.4) is 0 Å².